The van der Waals surface area contributed by atoms with Gasteiger partial charge in [-0.05, 0) is 78.4 Å². The molecule has 1 atom stereocenters. The molecule has 2 aromatic heterocycles. The third kappa shape index (κ3) is 6.24. The second kappa shape index (κ2) is 11.9. The van der Waals surface area contributed by atoms with Gasteiger partial charge in [0.2, 0.25) is 5.82 Å². The minimum absolute atomic E-state index is 0.126. The van der Waals surface area contributed by atoms with E-state index in [0.717, 1.165) is 0 Å². The monoisotopic (exact) mass is 558 g/mol. The smallest absolute Gasteiger partial charge is 0.251 e. The third-order valence-electron chi connectivity index (χ3n) is 6.05. The Morgan fingerprint density at radius 3 is 2.40 bits per heavy atom. The van der Waals surface area contributed by atoms with Gasteiger partial charge in [0, 0.05) is 22.8 Å². The quantitative estimate of drug-likeness (QED) is 0.269. The Kier molecular flexibility index (Phi) is 7.97. The Balaban J connectivity index is 1.45. The summed E-state index contributed by atoms with van der Waals surface area (Å²) in [7, 11) is 0. The number of carbonyl (C=O) groups is 2. The Morgan fingerprint density at radius 1 is 1.00 bits per heavy atom. The first-order valence-corrected chi connectivity index (χ1v) is 12.7. The van der Waals surface area contributed by atoms with Gasteiger partial charge >= 0.3 is 0 Å². The van der Waals surface area contributed by atoms with Crippen LogP contribution in [-0.4, -0.2) is 32.0 Å². The predicted molar refractivity (Wildman–Crippen MR) is 147 cm³/mol. The molecule has 202 valence electrons. The number of aryl methyl sites for hydroxylation is 1. The molecule has 0 saturated carbocycles. The highest BCUT2D eigenvalue weighted by molar-refractivity contribution is 6.30. The van der Waals surface area contributed by atoms with Crippen LogP contribution < -0.4 is 10.2 Å². The number of rotatable bonds is 9. The molecular formula is C29H24ClFN6O3. The first-order valence-electron chi connectivity index (χ1n) is 12.4. The molecule has 2 amide bonds. The number of nitrogens with zero attached hydrogens (tertiary/aromatic N) is 5. The van der Waals surface area contributed by atoms with E-state index in [4.69, 9.17) is 16.0 Å². The van der Waals surface area contributed by atoms with E-state index in [1.165, 1.54) is 21.8 Å². The zero-order chi connectivity index (χ0) is 28.1. The van der Waals surface area contributed by atoms with Gasteiger partial charge in [0.1, 0.15) is 23.9 Å². The normalized spacial score (nSPS) is 11.7. The number of hydrogen-bond acceptors (Lipinski definition) is 6. The largest absolute Gasteiger partial charge is 0.464 e. The lowest BCUT2D eigenvalue weighted by molar-refractivity contribution is -0.127. The van der Waals surface area contributed by atoms with Crippen LogP contribution in [0.25, 0.3) is 11.4 Å². The van der Waals surface area contributed by atoms with Crippen LogP contribution in [0.2, 0.25) is 5.02 Å². The fourth-order valence-electron chi connectivity index (χ4n) is 4.11. The topological polar surface area (TPSA) is 106 Å². The van der Waals surface area contributed by atoms with Crippen LogP contribution >= 0.6 is 11.6 Å². The van der Waals surface area contributed by atoms with Gasteiger partial charge in [-0.2, -0.15) is 4.80 Å². The van der Waals surface area contributed by atoms with Crippen molar-refractivity contribution in [3.05, 3.63) is 119 Å². The van der Waals surface area contributed by atoms with Crippen molar-refractivity contribution >= 4 is 29.1 Å². The van der Waals surface area contributed by atoms with Gasteiger partial charge in [0.15, 0.2) is 6.04 Å². The Morgan fingerprint density at radius 2 is 1.73 bits per heavy atom. The van der Waals surface area contributed by atoms with Crippen molar-refractivity contribution in [1.82, 2.24) is 25.5 Å². The van der Waals surface area contributed by atoms with Crippen LogP contribution in [0.3, 0.4) is 0 Å². The molecule has 0 saturated heterocycles. The third-order valence-corrected chi connectivity index (χ3v) is 6.30. The van der Waals surface area contributed by atoms with Crippen LogP contribution in [0.5, 0.6) is 0 Å². The van der Waals surface area contributed by atoms with E-state index in [1.54, 1.807) is 79.7 Å². The van der Waals surface area contributed by atoms with Gasteiger partial charge in [0.05, 0.1) is 0 Å². The van der Waals surface area contributed by atoms with Crippen LogP contribution in [0.1, 0.15) is 23.1 Å². The minimum Gasteiger partial charge on any atom is -0.464 e. The number of aromatic nitrogens is 4. The van der Waals surface area contributed by atoms with E-state index in [-0.39, 0.29) is 24.7 Å². The van der Waals surface area contributed by atoms with Crippen LogP contribution in [0.15, 0.2) is 95.4 Å². The van der Waals surface area contributed by atoms with E-state index in [0.29, 0.717) is 33.4 Å². The van der Waals surface area contributed by atoms with Gasteiger partial charge in [-0.25, -0.2) is 4.39 Å². The number of halogens is 2. The molecule has 5 aromatic rings. The molecule has 0 aliphatic rings. The zero-order valence-electron chi connectivity index (χ0n) is 21.4. The first-order chi connectivity index (χ1) is 19.4. The number of benzene rings is 3. The molecule has 0 fully saturated rings. The SMILES string of the molecule is Cc1ccc([C@@H](C(=O)NCc2ccc(F)cc2)N(C(=O)Cn2nnc(-c3ccc(Cl)cc3)n2)c2ccccc2)o1. The van der Waals surface area contributed by atoms with Crippen LogP contribution in [0, 0.1) is 12.7 Å². The summed E-state index contributed by atoms with van der Waals surface area (Å²) in [6.07, 6.45) is 0. The average molecular weight is 559 g/mol. The molecule has 0 radical (unpaired) electrons. The number of amides is 2. The molecule has 3 aromatic carbocycles. The van der Waals surface area contributed by atoms with E-state index >= 15 is 0 Å². The maximum Gasteiger partial charge on any atom is 0.251 e. The predicted octanol–water partition coefficient (Wildman–Crippen LogP) is 5.12. The molecule has 5 rings (SSSR count). The lowest BCUT2D eigenvalue weighted by Crippen LogP contribution is -2.45. The van der Waals surface area contributed by atoms with Crippen molar-refractivity contribution < 1.29 is 18.4 Å². The van der Waals surface area contributed by atoms with Crippen molar-refractivity contribution in [1.29, 1.82) is 0 Å². The van der Waals surface area contributed by atoms with Gasteiger partial charge in [0.25, 0.3) is 11.8 Å². The summed E-state index contributed by atoms with van der Waals surface area (Å²) < 4.78 is 19.2. The Labute approximate surface area is 234 Å². The molecule has 0 spiro atoms. The van der Waals surface area contributed by atoms with E-state index in [2.05, 4.69) is 20.7 Å². The molecule has 0 aliphatic carbocycles. The van der Waals surface area contributed by atoms with Crippen LogP contribution in [0.4, 0.5) is 10.1 Å². The second-order valence-electron chi connectivity index (χ2n) is 8.94. The maximum absolute atomic E-state index is 13.9. The number of hydrogen-bond donors (Lipinski definition) is 1. The number of para-hydroxylation sites is 1. The molecule has 0 aliphatic heterocycles. The number of furan rings is 1. The molecule has 1 N–H and O–H groups in total. The Bertz CT molecular complexity index is 1600. The molecule has 0 unspecified atom stereocenters. The van der Waals surface area contributed by atoms with E-state index in [9.17, 15) is 14.0 Å². The summed E-state index contributed by atoms with van der Waals surface area (Å²) in [5.74, 6) is -0.143. The number of anilines is 1. The molecule has 9 nitrogen and oxygen atoms in total. The molecular weight excluding hydrogens is 535 g/mol. The molecule has 40 heavy (non-hydrogen) atoms. The van der Waals surface area contributed by atoms with E-state index < -0.39 is 17.9 Å². The molecule has 0 bridgehead atoms. The zero-order valence-corrected chi connectivity index (χ0v) is 22.1. The standard InChI is InChI=1S/C29H24ClFN6O3/c1-19-7-16-25(40-19)27(29(39)32-17-20-8-14-23(31)15-9-20)37(24-5-3-2-4-6-24)26(38)18-36-34-28(33-35-36)21-10-12-22(30)13-11-21/h2-16,27H,17-18H2,1H3,(H,32,39)/t27-/m0/s1. The lowest BCUT2D eigenvalue weighted by Gasteiger charge is -2.29. The fourth-order valence-corrected chi connectivity index (χ4v) is 4.24. The fraction of sp³-hybridized carbons (Fsp3) is 0.138. The average Bonchev–Trinajstić information content (AvgIpc) is 3.61. The highest BCUT2D eigenvalue weighted by Gasteiger charge is 2.35. The number of tetrazole rings is 1. The minimum atomic E-state index is -1.15. The summed E-state index contributed by atoms with van der Waals surface area (Å²) in [6, 6.07) is 23.7. The van der Waals surface area contributed by atoms with Crippen LogP contribution in [-0.2, 0) is 22.7 Å². The number of carbonyl (C=O) groups excluding carboxylic acids is 2. The van der Waals surface area contributed by atoms with Crippen molar-refractivity contribution in [2.45, 2.75) is 26.1 Å². The Hall–Kier alpha value is -4.83. The summed E-state index contributed by atoms with van der Waals surface area (Å²) in [5.41, 5.74) is 1.86. The number of nitrogens with one attached hydrogen (secondary N) is 1. The van der Waals surface area contributed by atoms with Gasteiger partial charge in [-0.15, -0.1) is 10.2 Å². The van der Waals surface area contributed by atoms with Gasteiger partial charge in [-0.3, -0.25) is 14.5 Å². The highest BCUT2D eigenvalue weighted by Crippen LogP contribution is 2.30. The summed E-state index contributed by atoms with van der Waals surface area (Å²) >= 11 is 5.97. The highest BCUT2D eigenvalue weighted by atomic mass is 35.5. The molecule has 11 heteroatoms. The lowest BCUT2D eigenvalue weighted by atomic mass is 10.1. The summed E-state index contributed by atoms with van der Waals surface area (Å²) in [6.45, 7) is 1.58. The van der Waals surface area contributed by atoms with Crippen molar-refractivity contribution in [2.75, 3.05) is 4.90 Å². The van der Waals surface area contributed by atoms with Crippen molar-refractivity contribution in [3.63, 3.8) is 0 Å². The van der Waals surface area contributed by atoms with Crippen molar-refractivity contribution in [2.24, 2.45) is 0 Å². The van der Waals surface area contributed by atoms with Gasteiger partial charge < -0.3 is 9.73 Å². The van der Waals surface area contributed by atoms with E-state index in [1.807, 2.05) is 6.07 Å². The summed E-state index contributed by atoms with van der Waals surface area (Å²) in [5, 5.41) is 15.9. The second-order valence-corrected chi connectivity index (χ2v) is 9.38. The maximum atomic E-state index is 13.9. The van der Waals surface area contributed by atoms with Crippen molar-refractivity contribution in [3.8, 4) is 11.4 Å². The van der Waals surface area contributed by atoms with Gasteiger partial charge in [-0.1, -0.05) is 41.9 Å². The first kappa shape index (κ1) is 26.8. The molecule has 2 heterocycles. The summed E-state index contributed by atoms with van der Waals surface area (Å²) in [4.78, 5) is 30.1.